The number of amides is 1. The lowest BCUT2D eigenvalue weighted by Crippen LogP contribution is -2.24. The van der Waals surface area contributed by atoms with Crippen molar-refractivity contribution in [2.45, 2.75) is 32.5 Å². The van der Waals surface area contributed by atoms with Gasteiger partial charge in [0.2, 0.25) is 5.89 Å². The van der Waals surface area contributed by atoms with Gasteiger partial charge in [0, 0.05) is 12.1 Å². The molecule has 7 nitrogen and oxygen atoms in total. The predicted octanol–water partition coefficient (Wildman–Crippen LogP) is 4.12. The van der Waals surface area contributed by atoms with E-state index >= 15 is 0 Å². The van der Waals surface area contributed by atoms with Crippen LogP contribution >= 0.6 is 0 Å². The van der Waals surface area contributed by atoms with Crippen molar-refractivity contribution in [1.29, 1.82) is 0 Å². The van der Waals surface area contributed by atoms with Crippen LogP contribution in [-0.4, -0.2) is 24.1 Å². The summed E-state index contributed by atoms with van der Waals surface area (Å²) in [7, 11) is 0. The van der Waals surface area contributed by atoms with Crippen molar-refractivity contribution < 1.29 is 27.5 Å². The molecule has 1 aliphatic rings. The van der Waals surface area contributed by atoms with Crippen LogP contribution in [0.1, 0.15) is 34.7 Å². The molecule has 4 rings (SSSR count). The third kappa shape index (κ3) is 5.42. The topological polar surface area (TPSA) is 99.6 Å². The number of hydrogen-bond donors (Lipinski definition) is 2. The summed E-state index contributed by atoms with van der Waals surface area (Å²) in [6, 6.07) is 13.8. The average molecular weight is 443 g/mol. The van der Waals surface area contributed by atoms with E-state index in [2.05, 4.69) is 15.0 Å². The third-order valence-corrected chi connectivity index (χ3v) is 4.97. The van der Waals surface area contributed by atoms with Crippen LogP contribution in [0.15, 0.2) is 52.9 Å². The van der Waals surface area contributed by atoms with E-state index in [-0.39, 0.29) is 35.4 Å². The summed E-state index contributed by atoms with van der Waals surface area (Å²) in [6.45, 7) is -2.27. The molecule has 1 amide bonds. The molecule has 3 N–H and O–H groups in total. The van der Waals surface area contributed by atoms with E-state index in [4.69, 9.17) is 14.9 Å². The molecule has 1 aromatic heterocycles. The fourth-order valence-electron chi connectivity index (χ4n) is 3.09. The number of ether oxygens (including phenoxy) is 2. The van der Waals surface area contributed by atoms with Gasteiger partial charge in [0.05, 0.1) is 13.2 Å². The Kier molecular flexibility index (Phi) is 6.65. The summed E-state index contributed by atoms with van der Waals surface area (Å²) in [4.78, 5) is 17.0. The Morgan fingerprint density at radius 2 is 1.97 bits per heavy atom. The van der Waals surface area contributed by atoms with E-state index in [1.165, 1.54) is 18.2 Å². The number of nitrogens with two attached hydrogens (primary N) is 1. The number of nitrogens with zero attached hydrogens (tertiary/aromatic N) is 1. The number of halogens is 2. The first-order valence-electron chi connectivity index (χ1n) is 10.3. The second kappa shape index (κ2) is 9.78. The van der Waals surface area contributed by atoms with E-state index in [0.29, 0.717) is 24.6 Å². The van der Waals surface area contributed by atoms with Gasteiger partial charge in [-0.3, -0.25) is 4.79 Å². The fourth-order valence-corrected chi connectivity index (χ4v) is 3.09. The van der Waals surface area contributed by atoms with Gasteiger partial charge in [-0.1, -0.05) is 30.3 Å². The highest BCUT2D eigenvalue weighted by Gasteiger charge is 2.24. The van der Waals surface area contributed by atoms with Gasteiger partial charge in [-0.05, 0) is 42.5 Å². The lowest BCUT2D eigenvalue weighted by molar-refractivity contribution is -0.0515. The molecule has 1 saturated carbocycles. The highest BCUT2D eigenvalue weighted by molar-refractivity contribution is 5.93. The lowest BCUT2D eigenvalue weighted by atomic mass is 10.2. The van der Waals surface area contributed by atoms with Crippen molar-refractivity contribution in [2.24, 2.45) is 11.7 Å². The molecule has 1 fully saturated rings. The molecule has 2 aromatic carbocycles. The zero-order valence-electron chi connectivity index (χ0n) is 17.2. The first kappa shape index (κ1) is 21.8. The van der Waals surface area contributed by atoms with E-state index in [9.17, 15) is 13.6 Å². The predicted molar refractivity (Wildman–Crippen MR) is 112 cm³/mol. The molecular formula is C23H23F2N3O4. The highest BCUT2D eigenvalue weighted by atomic mass is 19.3. The van der Waals surface area contributed by atoms with Crippen LogP contribution in [0.25, 0.3) is 11.5 Å². The molecular weight excluding hydrogens is 420 g/mol. The Morgan fingerprint density at radius 1 is 1.19 bits per heavy atom. The maximum absolute atomic E-state index is 12.8. The number of benzene rings is 2. The van der Waals surface area contributed by atoms with Crippen LogP contribution < -0.4 is 20.5 Å². The molecule has 9 heteroatoms. The van der Waals surface area contributed by atoms with Crippen molar-refractivity contribution in [3.8, 4) is 23.0 Å². The zero-order chi connectivity index (χ0) is 22.5. The van der Waals surface area contributed by atoms with Crippen LogP contribution in [0.2, 0.25) is 0 Å². The number of nitrogens with one attached hydrogen (secondary N) is 1. The Hall–Kier alpha value is -3.46. The lowest BCUT2D eigenvalue weighted by Gasteiger charge is -2.12. The van der Waals surface area contributed by atoms with Crippen molar-refractivity contribution in [1.82, 2.24) is 10.3 Å². The van der Waals surface area contributed by atoms with E-state index in [0.717, 1.165) is 18.4 Å². The van der Waals surface area contributed by atoms with E-state index < -0.39 is 12.5 Å². The minimum atomic E-state index is -2.98. The summed E-state index contributed by atoms with van der Waals surface area (Å²) in [5, 5.41) is 2.79. The quantitative estimate of drug-likeness (QED) is 0.489. The summed E-state index contributed by atoms with van der Waals surface area (Å²) < 4.78 is 41.5. The monoisotopic (exact) mass is 443 g/mol. The summed E-state index contributed by atoms with van der Waals surface area (Å²) >= 11 is 0. The second-order valence-electron chi connectivity index (χ2n) is 7.46. The van der Waals surface area contributed by atoms with Crippen LogP contribution in [0.5, 0.6) is 11.5 Å². The van der Waals surface area contributed by atoms with Gasteiger partial charge in [0.1, 0.15) is 0 Å². The highest BCUT2D eigenvalue weighted by Crippen LogP contribution is 2.36. The van der Waals surface area contributed by atoms with Gasteiger partial charge in [-0.25, -0.2) is 4.98 Å². The summed E-state index contributed by atoms with van der Waals surface area (Å²) in [5.41, 5.74) is 7.21. The number of oxazole rings is 1. The number of alkyl halides is 2. The number of aromatic nitrogens is 1. The molecule has 32 heavy (non-hydrogen) atoms. The van der Waals surface area contributed by atoms with Crippen molar-refractivity contribution >= 4 is 5.91 Å². The average Bonchev–Trinajstić information content (AvgIpc) is 3.53. The molecule has 0 saturated heterocycles. The molecule has 0 spiro atoms. The first-order valence-corrected chi connectivity index (χ1v) is 10.3. The first-order chi connectivity index (χ1) is 15.5. The van der Waals surface area contributed by atoms with Crippen LogP contribution in [0, 0.1) is 5.92 Å². The van der Waals surface area contributed by atoms with Gasteiger partial charge in [-0.15, -0.1) is 0 Å². The van der Waals surface area contributed by atoms with Gasteiger partial charge in [0.25, 0.3) is 5.91 Å². The molecule has 0 atom stereocenters. The number of rotatable bonds is 10. The third-order valence-electron chi connectivity index (χ3n) is 4.97. The summed E-state index contributed by atoms with van der Waals surface area (Å²) in [6.07, 6.45) is 2.09. The molecule has 168 valence electrons. The molecule has 1 heterocycles. The SMILES string of the molecule is NCc1oc(-c2ccc(OC(F)F)c(OCC3CC3)c2)nc1C(=O)NCc1ccccc1. The Labute approximate surface area is 183 Å². The van der Waals surface area contributed by atoms with Gasteiger partial charge >= 0.3 is 6.61 Å². The van der Waals surface area contributed by atoms with Crippen molar-refractivity contribution in [3.63, 3.8) is 0 Å². The van der Waals surface area contributed by atoms with Gasteiger partial charge in [0.15, 0.2) is 23.0 Å². The molecule has 0 radical (unpaired) electrons. The number of carbonyl (C=O) groups is 1. The van der Waals surface area contributed by atoms with Crippen LogP contribution in [0.3, 0.4) is 0 Å². The Morgan fingerprint density at radius 3 is 2.66 bits per heavy atom. The smallest absolute Gasteiger partial charge is 0.387 e. The Bertz CT molecular complexity index is 1070. The van der Waals surface area contributed by atoms with Crippen molar-refractivity contribution in [2.75, 3.05) is 6.61 Å². The standard InChI is InChI=1S/C23H23F2N3O4/c24-23(25)32-17-9-8-16(10-18(17)30-13-15-6-7-15)22-28-20(19(11-26)31-22)21(29)27-12-14-4-2-1-3-5-14/h1-5,8-10,15,23H,6-7,11-13,26H2,(H,27,29). The summed E-state index contributed by atoms with van der Waals surface area (Å²) in [5.74, 6) is 0.443. The normalized spacial score (nSPS) is 13.2. The van der Waals surface area contributed by atoms with Crippen LogP contribution in [0.4, 0.5) is 8.78 Å². The number of carbonyl (C=O) groups excluding carboxylic acids is 1. The van der Waals surface area contributed by atoms with Gasteiger partial charge < -0.3 is 24.9 Å². The maximum atomic E-state index is 12.8. The van der Waals surface area contributed by atoms with E-state index in [1.54, 1.807) is 0 Å². The Balaban J connectivity index is 1.55. The largest absolute Gasteiger partial charge is 0.489 e. The fraction of sp³-hybridized carbons (Fsp3) is 0.304. The van der Waals surface area contributed by atoms with E-state index in [1.807, 2.05) is 30.3 Å². The molecule has 1 aliphatic carbocycles. The minimum absolute atomic E-state index is 0.0291. The minimum Gasteiger partial charge on any atom is -0.489 e. The molecule has 3 aromatic rings. The zero-order valence-corrected chi connectivity index (χ0v) is 17.2. The molecule has 0 unspecified atom stereocenters. The van der Waals surface area contributed by atoms with Crippen molar-refractivity contribution in [3.05, 3.63) is 65.5 Å². The second-order valence-corrected chi connectivity index (χ2v) is 7.46. The van der Waals surface area contributed by atoms with Crippen LogP contribution in [-0.2, 0) is 13.1 Å². The number of hydrogen-bond acceptors (Lipinski definition) is 6. The molecule has 0 bridgehead atoms. The van der Waals surface area contributed by atoms with Gasteiger partial charge in [-0.2, -0.15) is 8.78 Å². The maximum Gasteiger partial charge on any atom is 0.387 e. The molecule has 0 aliphatic heterocycles.